The third-order valence-electron chi connectivity index (χ3n) is 2.31. The molecule has 0 aliphatic carbocycles. The summed E-state index contributed by atoms with van der Waals surface area (Å²) in [6.07, 6.45) is 0.911. The van der Waals surface area contributed by atoms with Gasteiger partial charge in [0.1, 0.15) is 11.8 Å². The number of aliphatic hydroxyl groups is 1. The maximum Gasteiger partial charge on any atom is 0.252 e. The molecule has 0 aliphatic rings. The zero-order valence-corrected chi connectivity index (χ0v) is 9.32. The Labute approximate surface area is 94.1 Å². The molecular formula is C11H15N3O2. The van der Waals surface area contributed by atoms with Crippen LogP contribution in [0, 0.1) is 17.2 Å². The van der Waals surface area contributed by atoms with Gasteiger partial charge in [-0.2, -0.15) is 5.26 Å². The van der Waals surface area contributed by atoms with E-state index in [0.29, 0.717) is 11.3 Å². The molecular weight excluding hydrogens is 206 g/mol. The van der Waals surface area contributed by atoms with Crippen molar-refractivity contribution in [1.29, 1.82) is 5.26 Å². The molecule has 0 aromatic carbocycles. The summed E-state index contributed by atoms with van der Waals surface area (Å²) in [7, 11) is 0. The first-order valence-electron chi connectivity index (χ1n) is 5.09. The summed E-state index contributed by atoms with van der Waals surface area (Å²) in [5.74, 6) is -0.196. The second kappa shape index (κ2) is 5.33. The Kier molecular flexibility index (Phi) is 4.09. The van der Waals surface area contributed by atoms with Gasteiger partial charge in [-0.05, 0) is 12.0 Å². The second-order valence-electron chi connectivity index (χ2n) is 3.94. The number of hydrogen-bond acceptors (Lipinski definition) is 3. The number of aromatic nitrogens is 1. The van der Waals surface area contributed by atoms with Crippen LogP contribution >= 0.6 is 0 Å². The fourth-order valence-electron chi connectivity index (χ4n) is 1.13. The summed E-state index contributed by atoms with van der Waals surface area (Å²) in [6, 6.07) is 3.37. The molecule has 1 aromatic rings. The largest absolute Gasteiger partial charge is 0.391 e. The van der Waals surface area contributed by atoms with Gasteiger partial charge < -0.3 is 15.4 Å². The molecule has 1 amide bonds. The lowest BCUT2D eigenvalue weighted by atomic mass is 10.1. The van der Waals surface area contributed by atoms with Gasteiger partial charge in [0.05, 0.1) is 11.7 Å². The van der Waals surface area contributed by atoms with Gasteiger partial charge in [0.2, 0.25) is 0 Å². The number of nitrogens with zero attached hydrogens (tertiary/aromatic N) is 1. The molecule has 1 unspecified atom stereocenters. The number of aliphatic hydroxyl groups excluding tert-OH is 1. The van der Waals surface area contributed by atoms with Crippen molar-refractivity contribution in [3.05, 3.63) is 23.5 Å². The van der Waals surface area contributed by atoms with E-state index in [4.69, 9.17) is 5.26 Å². The van der Waals surface area contributed by atoms with Crippen molar-refractivity contribution < 1.29 is 9.90 Å². The average molecular weight is 221 g/mol. The summed E-state index contributed by atoms with van der Waals surface area (Å²) in [5.41, 5.74) is 0.738. The Morgan fingerprint density at radius 2 is 2.38 bits per heavy atom. The highest BCUT2D eigenvalue weighted by Gasteiger charge is 2.12. The number of H-pyrrole nitrogens is 1. The molecule has 1 aromatic heterocycles. The van der Waals surface area contributed by atoms with Crippen LogP contribution in [0.2, 0.25) is 0 Å². The molecule has 1 rings (SSSR count). The van der Waals surface area contributed by atoms with Crippen molar-refractivity contribution in [2.75, 3.05) is 6.54 Å². The molecule has 86 valence electrons. The standard InChI is InChI=1S/C11H15N3O2/c1-7(2)10(15)6-14-11(16)8-3-9(4-12)13-5-8/h3,5,7,10,13,15H,6H2,1-2H3,(H,14,16). The van der Waals surface area contributed by atoms with Crippen LogP contribution in [0.15, 0.2) is 12.3 Å². The highest BCUT2D eigenvalue weighted by atomic mass is 16.3. The Balaban J connectivity index is 2.50. The van der Waals surface area contributed by atoms with E-state index < -0.39 is 6.10 Å². The SMILES string of the molecule is CC(C)C(O)CNC(=O)c1c[nH]c(C#N)c1. The van der Waals surface area contributed by atoms with Gasteiger partial charge in [-0.3, -0.25) is 4.79 Å². The number of carbonyl (C=O) groups is 1. The van der Waals surface area contributed by atoms with Crippen LogP contribution in [0.4, 0.5) is 0 Å². The average Bonchev–Trinajstić information content (AvgIpc) is 2.73. The Bertz CT molecular complexity index is 404. The van der Waals surface area contributed by atoms with Gasteiger partial charge in [0.25, 0.3) is 5.91 Å². The Morgan fingerprint density at radius 3 is 2.88 bits per heavy atom. The smallest absolute Gasteiger partial charge is 0.252 e. The number of rotatable bonds is 4. The van der Waals surface area contributed by atoms with Crippen molar-refractivity contribution in [2.24, 2.45) is 5.92 Å². The topological polar surface area (TPSA) is 88.9 Å². The van der Waals surface area contributed by atoms with Crippen LogP contribution in [0.5, 0.6) is 0 Å². The van der Waals surface area contributed by atoms with Gasteiger partial charge in [-0.15, -0.1) is 0 Å². The molecule has 1 atom stereocenters. The Morgan fingerprint density at radius 1 is 1.69 bits per heavy atom. The molecule has 16 heavy (non-hydrogen) atoms. The lowest BCUT2D eigenvalue weighted by Gasteiger charge is -2.14. The quantitative estimate of drug-likeness (QED) is 0.696. The molecule has 0 radical (unpaired) electrons. The van der Waals surface area contributed by atoms with Crippen LogP contribution < -0.4 is 5.32 Å². The fraction of sp³-hybridized carbons (Fsp3) is 0.455. The van der Waals surface area contributed by atoms with Crippen LogP contribution in [-0.4, -0.2) is 28.6 Å². The van der Waals surface area contributed by atoms with E-state index in [1.54, 1.807) is 0 Å². The number of carbonyl (C=O) groups excluding carboxylic acids is 1. The van der Waals surface area contributed by atoms with Gasteiger partial charge in [-0.25, -0.2) is 0 Å². The first-order chi connectivity index (χ1) is 7.54. The highest BCUT2D eigenvalue weighted by Crippen LogP contribution is 2.03. The molecule has 0 saturated carbocycles. The summed E-state index contributed by atoms with van der Waals surface area (Å²) < 4.78 is 0. The van der Waals surface area contributed by atoms with Crippen molar-refractivity contribution in [2.45, 2.75) is 20.0 Å². The monoisotopic (exact) mass is 221 g/mol. The van der Waals surface area contributed by atoms with Crippen LogP contribution in [-0.2, 0) is 0 Å². The van der Waals surface area contributed by atoms with Crippen molar-refractivity contribution in [3.63, 3.8) is 0 Å². The van der Waals surface area contributed by atoms with Gasteiger partial charge >= 0.3 is 0 Å². The normalized spacial score (nSPS) is 12.2. The summed E-state index contributed by atoms with van der Waals surface area (Å²) >= 11 is 0. The van der Waals surface area contributed by atoms with E-state index in [1.165, 1.54) is 12.3 Å². The van der Waals surface area contributed by atoms with Gasteiger partial charge in [-0.1, -0.05) is 13.8 Å². The summed E-state index contributed by atoms with van der Waals surface area (Å²) in [5, 5.41) is 20.7. The lowest BCUT2D eigenvalue weighted by Crippen LogP contribution is -2.34. The maximum atomic E-state index is 11.5. The van der Waals surface area contributed by atoms with Crippen LogP contribution in [0.3, 0.4) is 0 Å². The Hall–Kier alpha value is -1.80. The van der Waals surface area contributed by atoms with E-state index in [0.717, 1.165) is 0 Å². The lowest BCUT2D eigenvalue weighted by molar-refractivity contribution is 0.0872. The summed E-state index contributed by atoms with van der Waals surface area (Å²) in [4.78, 5) is 14.2. The van der Waals surface area contributed by atoms with Crippen molar-refractivity contribution in [1.82, 2.24) is 10.3 Å². The zero-order chi connectivity index (χ0) is 12.1. The second-order valence-corrected chi connectivity index (χ2v) is 3.94. The molecule has 1 heterocycles. The van der Waals surface area contributed by atoms with Crippen LogP contribution in [0.25, 0.3) is 0 Å². The number of nitrogens with one attached hydrogen (secondary N) is 2. The van der Waals surface area contributed by atoms with E-state index in [-0.39, 0.29) is 18.4 Å². The minimum Gasteiger partial charge on any atom is -0.391 e. The maximum absolute atomic E-state index is 11.5. The molecule has 0 saturated heterocycles. The molecule has 0 bridgehead atoms. The molecule has 5 nitrogen and oxygen atoms in total. The van der Waals surface area contributed by atoms with Crippen molar-refractivity contribution in [3.8, 4) is 6.07 Å². The highest BCUT2D eigenvalue weighted by molar-refractivity contribution is 5.94. The van der Waals surface area contributed by atoms with E-state index in [1.807, 2.05) is 19.9 Å². The van der Waals surface area contributed by atoms with Gasteiger partial charge in [0, 0.05) is 12.7 Å². The van der Waals surface area contributed by atoms with E-state index in [9.17, 15) is 9.90 Å². The predicted octanol–water partition coefficient (Wildman–Crippen LogP) is 0.633. The number of aromatic amines is 1. The third-order valence-corrected chi connectivity index (χ3v) is 2.31. The zero-order valence-electron chi connectivity index (χ0n) is 9.32. The third kappa shape index (κ3) is 3.11. The fourth-order valence-corrected chi connectivity index (χ4v) is 1.13. The van der Waals surface area contributed by atoms with Crippen LogP contribution in [0.1, 0.15) is 29.9 Å². The molecule has 5 heteroatoms. The molecule has 0 spiro atoms. The summed E-state index contributed by atoms with van der Waals surface area (Å²) in [6.45, 7) is 3.96. The first-order valence-corrected chi connectivity index (χ1v) is 5.09. The number of nitriles is 1. The minimum atomic E-state index is -0.557. The minimum absolute atomic E-state index is 0.0983. The van der Waals surface area contributed by atoms with E-state index in [2.05, 4.69) is 10.3 Å². The number of hydrogen-bond donors (Lipinski definition) is 3. The number of amides is 1. The molecule has 0 aliphatic heterocycles. The van der Waals surface area contributed by atoms with Gasteiger partial charge in [0.15, 0.2) is 0 Å². The molecule has 0 fully saturated rings. The first kappa shape index (κ1) is 12.3. The predicted molar refractivity (Wildman–Crippen MR) is 58.7 cm³/mol. The van der Waals surface area contributed by atoms with E-state index >= 15 is 0 Å². The molecule has 3 N–H and O–H groups in total. The van der Waals surface area contributed by atoms with Crippen molar-refractivity contribution >= 4 is 5.91 Å².